The third-order valence-electron chi connectivity index (χ3n) is 5.68. The Morgan fingerprint density at radius 2 is 1.77 bits per heavy atom. The smallest absolute Gasteiger partial charge is 0.248 e. The fourth-order valence-corrected chi connectivity index (χ4v) is 5.73. The van der Waals surface area contributed by atoms with Gasteiger partial charge in [-0.2, -0.15) is 10.4 Å². The van der Waals surface area contributed by atoms with E-state index < -0.39 is 15.6 Å². The average Bonchev–Trinajstić information content (AvgIpc) is 3.41. The summed E-state index contributed by atoms with van der Waals surface area (Å²) in [7, 11) is -3.75. The second-order valence-electron chi connectivity index (χ2n) is 10.0. The van der Waals surface area contributed by atoms with E-state index in [-0.39, 0.29) is 10.8 Å². The SMILES string of the molecule is CC(C)(C)NS(=O)(=O)c1ccccc1-c1ccc(NC(=O)/C=C(\Cc2cc[nH]n2)c2cccc(C#N)c2)cc1. The van der Waals surface area contributed by atoms with Crippen molar-refractivity contribution < 1.29 is 13.2 Å². The standard InChI is InChI=1S/C30H29N5O3S/c1-30(2,3)35-39(37,38)28-10-5-4-9-27(28)22-11-13-25(14-12-22)33-29(36)19-24(18-26-15-16-32-34-26)23-8-6-7-21(17-23)20-31/h4-17,19,35H,18H2,1-3H3,(H,32,34)(H,33,36)/b24-19+. The predicted octanol–water partition coefficient (Wildman–Crippen LogP) is 5.29. The Balaban J connectivity index is 1.58. The van der Waals surface area contributed by atoms with Crippen molar-refractivity contribution in [3.63, 3.8) is 0 Å². The van der Waals surface area contributed by atoms with E-state index in [1.54, 1.807) is 93.7 Å². The maximum atomic E-state index is 13.0. The lowest BCUT2D eigenvalue weighted by Gasteiger charge is -2.21. The van der Waals surface area contributed by atoms with Crippen molar-refractivity contribution in [3.05, 3.63) is 108 Å². The molecule has 0 radical (unpaired) electrons. The van der Waals surface area contributed by atoms with Crippen LogP contribution in [0.2, 0.25) is 0 Å². The van der Waals surface area contributed by atoms with Gasteiger partial charge in [-0.05, 0) is 73.9 Å². The largest absolute Gasteiger partial charge is 0.323 e. The highest BCUT2D eigenvalue weighted by Crippen LogP contribution is 2.29. The van der Waals surface area contributed by atoms with Gasteiger partial charge in [-0.15, -0.1) is 0 Å². The number of hydrogen-bond acceptors (Lipinski definition) is 5. The van der Waals surface area contributed by atoms with Gasteiger partial charge in [0.05, 0.1) is 22.2 Å². The molecule has 0 atom stereocenters. The molecule has 9 heteroatoms. The Kier molecular flexibility index (Phi) is 8.10. The number of aromatic amines is 1. The molecule has 4 rings (SSSR count). The maximum Gasteiger partial charge on any atom is 0.248 e. The topological polar surface area (TPSA) is 128 Å². The molecule has 0 aliphatic heterocycles. The van der Waals surface area contributed by atoms with Gasteiger partial charge < -0.3 is 5.32 Å². The van der Waals surface area contributed by atoms with E-state index in [4.69, 9.17) is 0 Å². The van der Waals surface area contributed by atoms with Gasteiger partial charge >= 0.3 is 0 Å². The summed E-state index contributed by atoms with van der Waals surface area (Å²) in [6.45, 7) is 5.37. The fourth-order valence-electron chi connectivity index (χ4n) is 4.08. The van der Waals surface area contributed by atoms with Crippen LogP contribution in [0.1, 0.15) is 37.6 Å². The lowest BCUT2D eigenvalue weighted by atomic mass is 9.99. The van der Waals surface area contributed by atoms with Crippen molar-refractivity contribution in [1.82, 2.24) is 14.9 Å². The first-order valence-electron chi connectivity index (χ1n) is 12.3. The van der Waals surface area contributed by atoms with Crippen LogP contribution in [0.15, 0.2) is 96.0 Å². The molecule has 4 aromatic rings. The lowest BCUT2D eigenvalue weighted by molar-refractivity contribution is -0.111. The number of nitrogens with zero attached hydrogens (tertiary/aromatic N) is 2. The number of rotatable bonds is 8. The number of sulfonamides is 1. The van der Waals surface area contributed by atoms with Gasteiger partial charge in [0.25, 0.3) is 0 Å². The van der Waals surface area contributed by atoms with E-state index in [1.807, 2.05) is 12.1 Å². The first-order valence-corrected chi connectivity index (χ1v) is 13.8. The van der Waals surface area contributed by atoms with Crippen molar-refractivity contribution in [1.29, 1.82) is 5.26 Å². The highest BCUT2D eigenvalue weighted by atomic mass is 32.2. The predicted molar refractivity (Wildman–Crippen MR) is 152 cm³/mol. The van der Waals surface area contributed by atoms with Gasteiger partial charge in [-0.25, -0.2) is 13.1 Å². The van der Waals surface area contributed by atoms with Crippen LogP contribution in [0.25, 0.3) is 16.7 Å². The molecule has 0 spiro atoms. The Morgan fingerprint density at radius 3 is 2.44 bits per heavy atom. The highest BCUT2D eigenvalue weighted by molar-refractivity contribution is 7.89. The summed E-state index contributed by atoms with van der Waals surface area (Å²) in [5.74, 6) is -0.340. The van der Waals surface area contributed by atoms with Gasteiger partial charge in [-0.1, -0.05) is 42.5 Å². The lowest BCUT2D eigenvalue weighted by Crippen LogP contribution is -2.40. The van der Waals surface area contributed by atoms with Crippen LogP contribution < -0.4 is 10.0 Å². The molecule has 198 valence electrons. The molecule has 8 nitrogen and oxygen atoms in total. The molecule has 39 heavy (non-hydrogen) atoms. The van der Waals surface area contributed by atoms with E-state index >= 15 is 0 Å². The monoisotopic (exact) mass is 539 g/mol. The third kappa shape index (κ3) is 7.29. The zero-order valence-corrected chi connectivity index (χ0v) is 22.7. The zero-order chi connectivity index (χ0) is 28.0. The summed E-state index contributed by atoms with van der Waals surface area (Å²) in [5.41, 5.74) is 3.91. The Hall–Kier alpha value is -4.52. The van der Waals surface area contributed by atoms with Crippen molar-refractivity contribution in [2.24, 2.45) is 0 Å². The summed E-state index contributed by atoms with van der Waals surface area (Å²) in [6, 6.07) is 24.8. The van der Waals surface area contributed by atoms with Crippen molar-refractivity contribution in [2.45, 2.75) is 37.6 Å². The molecule has 3 N–H and O–H groups in total. The minimum Gasteiger partial charge on any atom is -0.323 e. The van der Waals surface area contributed by atoms with Crippen molar-refractivity contribution in [3.8, 4) is 17.2 Å². The summed E-state index contributed by atoms with van der Waals surface area (Å²) < 4.78 is 28.8. The van der Waals surface area contributed by atoms with Crippen LogP contribution in [0.4, 0.5) is 5.69 Å². The number of nitriles is 1. The average molecular weight is 540 g/mol. The first-order chi connectivity index (χ1) is 18.5. The molecule has 0 bridgehead atoms. The van der Waals surface area contributed by atoms with Crippen LogP contribution in [-0.2, 0) is 21.2 Å². The molecule has 3 aromatic carbocycles. The quantitative estimate of drug-likeness (QED) is 0.262. The number of carbonyl (C=O) groups excluding carboxylic acids is 1. The Labute approximate surface area is 228 Å². The Bertz CT molecular complexity index is 1640. The number of hydrogen-bond donors (Lipinski definition) is 3. The molecule has 0 saturated carbocycles. The van der Waals surface area contributed by atoms with Crippen LogP contribution in [-0.4, -0.2) is 30.1 Å². The Morgan fingerprint density at radius 1 is 1.03 bits per heavy atom. The summed E-state index contributed by atoms with van der Waals surface area (Å²) in [6.07, 6.45) is 3.61. The van der Waals surface area contributed by atoms with Gasteiger partial charge in [0.2, 0.25) is 15.9 Å². The normalized spacial score (nSPS) is 12.1. The van der Waals surface area contributed by atoms with Crippen molar-refractivity contribution in [2.75, 3.05) is 5.32 Å². The number of H-pyrrole nitrogens is 1. The number of aromatic nitrogens is 2. The van der Waals surface area contributed by atoms with Crippen molar-refractivity contribution >= 4 is 27.2 Å². The van der Waals surface area contributed by atoms with E-state index in [9.17, 15) is 18.5 Å². The van der Waals surface area contributed by atoms with Gasteiger partial charge in [0.1, 0.15) is 0 Å². The van der Waals surface area contributed by atoms with Crippen LogP contribution in [0, 0.1) is 11.3 Å². The van der Waals surface area contributed by atoms with Gasteiger partial charge in [0, 0.05) is 35.5 Å². The number of benzene rings is 3. The highest BCUT2D eigenvalue weighted by Gasteiger charge is 2.24. The summed E-state index contributed by atoms with van der Waals surface area (Å²) in [4.78, 5) is 13.2. The molecular formula is C30H29N5O3S. The number of amides is 1. The first kappa shape index (κ1) is 27.5. The summed E-state index contributed by atoms with van der Waals surface area (Å²) >= 11 is 0. The maximum absolute atomic E-state index is 13.0. The van der Waals surface area contributed by atoms with Crippen LogP contribution >= 0.6 is 0 Å². The second-order valence-corrected chi connectivity index (χ2v) is 11.7. The van der Waals surface area contributed by atoms with Gasteiger partial charge in [0.15, 0.2) is 0 Å². The minimum absolute atomic E-state index is 0.183. The molecule has 0 fully saturated rings. The number of carbonyl (C=O) groups is 1. The van der Waals surface area contributed by atoms with Gasteiger partial charge in [-0.3, -0.25) is 9.89 Å². The van der Waals surface area contributed by atoms with E-state index in [1.165, 1.54) is 6.08 Å². The molecule has 1 aromatic heterocycles. The molecular weight excluding hydrogens is 510 g/mol. The minimum atomic E-state index is -3.75. The number of nitrogens with one attached hydrogen (secondary N) is 3. The molecule has 0 aliphatic carbocycles. The zero-order valence-electron chi connectivity index (χ0n) is 21.9. The molecule has 0 saturated heterocycles. The number of allylic oxidation sites excluding steroid dienone is 1. The van der Waals surface area contributed by atoms with E-state index in [0.717, 1.165) is 11.3 Å². The fraction of sp³-hybridized carbons (Fsp3) is 0.167. The van der Waals surface area contributed by atoms with Crippen LogP contribution in [0.5, 0.6) is 0 Å². The van der Waals surface area contributed by atoms with E-state index in [2.05, 4.69) is 26.3 Å². The second kappa shape index (κ2) is 11.5. The van der Waals surface area contributed by atoms with Crippen LogP contribution in [0.3, 0.4) is 0 Å². The molecule has 0 aliphatic rings. The number of anilines is 1. The molecule has 1 heterocycles. The third-order valence-corrected chi connectivity index (χ3v) is 7.49. The van der Waals surface area contributed by atoms with E-state index in [0.29, 0.717) is 34.4 Å². The summed E-state index contributed by atoms with van der Waals surface area (Å²) in [5, 5.41) is 19.1. The molecule has 1 amide bonds. The molecule has 0 unspecified atom stereocenters.